The smallest absolute Gasteiger partial charge is 0.352 e. The van der Waals surface area contributed by atoms with E-state index in [1.54, 1.807) is 22.9 Å². The Bertz CT molecular complexity index is 346. The van der Waals surface area contributed by atoms with Gasteiger partial charge in [0.25, 0.3) is 0 Å². The first-order valence-electron chi connectivity index (χ1n) is 4.57. The van der Waals surface area contributed by atoms with Crippen LogP contribution in [0.1, 0.15) is 29.8 Å². The normalized spacial score (nSPS) is 9.64. The molecule has 1 aromatic rings. The molecule has 0 fully saturated rings. The number of rotatable bonds is 5. The second-order valence-electron chi connectivity index (χ2n) is 3.05. The molecule has 0 amide bonds. The Labute approximate surface area is 83.4 Å². The van der Waals surface area contributed by atoms with Crippen molar-refractivity contribution in [2.45, 2.75) is 25.8 Å². The molecule has 1 N–H and O–H groups in total. The van der Waals surface area contributed by atoms with E-state index in [2.05, 4.69) is 5.92 Å². The Morgan fingerprint density at radius 2 is 2.36 bits per heavy atom. The van der Waals surface area contributed by atoms with Gasteiger partial charge in [-0.2, -0.15) is 0 Å². The minimum Gasteiger partial charge on any atom is -0.477 e. The minimum atomic E-state index is -0.882. The molecule has 1 rings (SSSR count). The second-order valence-corrected chi connectivity index (χ2v) is 3.05. The molecule has 0 aliphatic rings. The molecule has 0 bridgehead atoms. The molecule has 1 aromatic heterocycles. The summed E-state index contributed by atoms with van der Waals surface area (Å²) in [6.45, 7) is 0.719. The zero-order chi connectivity index (χ0) is 10.4. The van der Waals surface area contributed by atoms with E-state index in [0.29, 0.717) is 5.69 Å². The molecule has 3 nitrogen and oxygen atoms in total. The molecule has 0 aliphatic heterocycles. The van der Waals surface area contributed by atoms with E-state index in [1.807, 2.05) is 0 Å². The lowest BCUT2D eigenvalue weighted by molar-refractivity contribution is 0.0685. The van der Waals surface area contributed by atoms with Crippen LogP contribution in [0.2, 0.25) is 0 Å². The van der Waals surface area contributed by atoms with Gasteiger partial charge in [-0.05, 0) is 25.0 Å². The van der Waals surface area contributed by atoms with Crippen molar-refractivity contribution in [1.29, 1.82) is 0 Å². The van der Waals surface area contributed by atoms with Gasteiger partial charge in [0.1, 0.15) is 5.69 Å². The predicted octanol–water partition coefficient (Wildman–Crippen LogP) is 1.99. The third kappa shape index (κ3) is 2.67. The summed E-state index contributed by atoms with van der Waals surface area (Å²) in [6, 6.07) is 3.34. The molecule has 0 aliphatic carbocycles. The molecule has 3 heteroatoms. The quantitative estimate of drug-likeness (QED) is 0.571. The summed E-state index contributed by atoms with van der Waals surface area (Å²) in [4.78, 5) is 10.7. The van der Waals surface area contributed by atoms with Gasteiger partial charge in [-0.1, -0.05) is 0 Å². The summed E-state index contributed by atoms with van der Waals surface area (Å²) in [7, 11) is 0. The van der Waals surface area contributed by atoms with Gasteiger partial charge in [0, 0.05) is 19.2 Å². The lowest BCUT2D eigenvalue weighted by Crippen LogP contribution is -2.07. The number of hydrogen-bond acceptors (Lipinski definition) is 1. The maximum Gasteiger partial charge on any atom is 0.352 e. The molecule has 14 heavy (non-hydrogen) atoms. The number of unbranched alkanes of at least 4 members (excludes halogenated alkanes) is 2. The van der Waals surface area contributed by atoms with Crippen LogP contribution in [0, 0.1) is 12.3 Å². The zero-order valence-corrected chi connectivity index (χ0v) is 7.94. The zero-order valence-electron chi connectivity index (χ0n) is 7.94. The van der Waals surface area contributed by atoms with Crippen LogP contribution in [0.3, 0.4) is 0 Å². The maximum atomic E-state index is 10.7. The van der Waals surface area contributed by atoms with Gasteiger partial charge in [0.2, 0.25) is 0 Å². The highest BCUT2D eigenvalue weighted by Crippen LogP contribution is 2.05. The van der Waals surface area contributed by atoms with Crippen molar-refractivity contribution in [3.8, 4) is 12.3 Å². The Hall–Kier alpha value is -1.69. The molecule has 1 heterocycles. The first kappa shape index (κ1) is 10.4. The van der Waals surface area contributed by atoms with Crippen molar-refractivity contribution < 1.29 is 9.90 Å². The Balaban J connectivity index is 2.47. The number of carboxylic acids is 1. The van der Waals surface area contributed by atoms with Crippen LogP contribution < -0.4 is 0 Å². The number of aromatic nitrogens is 1. The van der Waals surface area contributed by atoms with Crippen molar-refractivity contribution in [1.82, 2.24) is 4.57 Å². The molecule has 0 aromatic carbocycles. The first-order chi connectivity index (χ1) is 6.75. The van der Waals surface area contributed by atoms with E-state index in [0.717, 1.165) is 25.8 Å². The SMILES string of the molecule is C#CCCCCn1cccc1C(=O)O. The number of carboxylic acid groups (broad SMARTS) is 1. The highest BCUT2D eigenvalue weighted by molar-refractivity contribution is 5.85. The van der Waals surface area contributed by atoms with Gasteiger partial charge >= 0.3 is 5.97 Å². The summed E-state index contributed by atoms with van der Waals surface area (Å²) in [6.07, 6.45) is 9.50. The number of hydrogen-bond donors (Lipinski definition) is 1. The Morgan fingerprint density at radius 1 is 1.57 bits per heavy atom. The summed E-state index contributed by atoms with van der Waals surface area (Å²) in [5.74, 6) is 1.68. The lowest BCUT2D eigenvalue weighted by Gasteiger charge is -2.04. The van der Waals surface area contributed by atoms with Crippen LogP contribution in [0.5, 0.6) is 0 Å². The maximum absolute atomic E-state index is 10.7. The fourth-order valence-corrected chi connectivity index (χ4v) is 1.31. The van der Waals surface area contributed by atoms with E-state index in [-0.39, 0.29) is 0 Å². The minimum absolute atomic E-state index is 0.339. The Kier molecular flexibility index (Phi) is 3.81. The van der Waals surface area contributed by atoms with Crippen LogP contribution >= 0.6 is 0 Å². The number of carbonyl (C=O) groups is 1. The molecule has 0 atom stereocenters. The molecule has 0 saturated heterocycles. The number of nitrogens with zero attached hydrogens (tertiary/aromatic N) is 1. The van der Waals surface area contributed by atoms with Crippen LogP contribution in [-0.4, -0.2) is 15.6 Å². The van der Waals surface area contributed by atoms with Crippen LogP contribution in [0.25, 0.3) is 0 Å². The second kappa shape index (κ2) is 5.13. The largest absolute Gasteiger partial charge is 0.477 e. The highest BCUT2D eigenvalue weighted by Gasteiger charge is 2.07. The molecule has 0 spiro atoms. The fourth-order valence-electron chi connectivity index (χ4n) is 1.31. The molecule has 0 unspecified atom stereocenters. The van der Waals surface area contributed by atoms with E-state index in [9.17, 15) is 4.79 Å². The van der Waals surface area contributed by atoms with E-state index < -0.39 is 5.97 Å². The summed E-state index contributed by atoms with van der Waals surface area (Å²) < 4.78 is 1.73. The third-order valence-corrected chi connectivity index (χ3v) is 2.02. The van der Waals surface area contributed by atoms with Crippen molar-refractivity contribution in [2.24, 2.45) is 0 Å². The van der Waals surface area contributed by atoms with Gasteiger partial charge in [0.05, 0.1) is 0 Å². The number of aryl methyl sites for hydroxylation is 1. The van der Waals surface area contributed by atoms with Crippen molar-refractivity contribution in [3.05, 3.63) is 24.0 Å². The fraction of sp³-hybridized carbons (Fsp3) is 0.364. The van der Waals surface area contributed by atoms with Crippen molar-refractivity contribution in [2.75, 3.05) is 0 Å². The van der Waals surface area contributed by atoms with Crippen LogP contribution in [0.4, 0.5) is 0 Å². The van der Waals surface area contributed by atoms with Crippen molar-refractivity contribution >= 4 is 5.97 Å². The molecule has 0 saturated carbocycles. The lowest BCUT2D eigenvalue weighted by atomic mass is 10.2. The van der Waals surface area contributed by atoms with Gasteiger partial charge < -0.3 is 9.67 Å². The summed E-state index contributed by atoms with van der Waals surface area (Å²) >= 11 is 0. The molecular formula is C11H13NO2. The van der Waals surface area contributed by atoms with Crippen LogP contribution in [-0.2, 0) is 6.54 Å². The topological polar surface area (TPSA) is 42.2 Å². The van der Waals surface area contributed by atoms with Gasteiger partial charge in [-0.25, -0.2) is 4.79 Å². The average Bonchev–Trinajstić information content (AvgIpc) is 2.60. The van der Waals surface area contributed by atoms with E-state index in [1.165, 1.54) is 0 Å². The van der Waals surface area contributed by atoms with E-state index >= 15 is 0 Å². The Morgan fingerprint density at radius 3 is 3.00 bits per heavy atom. The summed E-state index contributed by atoms with van der Waals surface area (Å²) in [5, 5.41) is 8.80. The van der Waals surface area contributed by atoms with Gasteiger partial charge in [-0.3, -0.25) is 0 Å². The predicted molar refractivity (Wildman–Crippen MR) is 54.1 cm³/mol. The average molecular weight is 191 g/mol. The molecule has 0 radical (unpaired) electrons. The van der Waals surface area contributed by atoms with E-state index in [4.69, 9.17) is 11.5 Å². The van der Waals surface area contributed by atoms with Gasteiger partial charge in [0.15, 0.2) is 0 Å². The van der Waals surface area contributed by atoms with Crippen molar-refractivity contribution in [3.63, 3.8) is 0 Å². The van der Waals surface area contributed by atoms with Gasteiger partial charge in [-0.15, -0.1) is 12.3 Å². The number of aromatic carboxylic acids is 1. The monoisotopic (exact) mass is 191 g/mol. The number of terminal acetylenes is 1. The van der Waals surface area contributed by atoms with Crippen LogP contribution in [0.15, 0.2) is 18.3 Å². The summed E-state index contributed by atoms with van der Waals surface area (Å²) in [5.41, 5.74) is 0.339. The standard InChI is InChI=1S/C11H13NO2/c1-2-3-4-5-8-12-9-6-7-10(12)11(13)14/h1,6-7,9H,3-5,8H2,(H,13,14). The third-order valence-electron chi connectivity index (χ3n) is 2.02. The first-order valence-corrected chi connectivity index (χ1v) is 4.57. The molecular weight excluding hydrogens is 178 g/mol. The highest BCUT2D eigenvalue weighted by atomic mass is 16.4. The molecule has 74 valence electrons.